The highest BCUT2D eigenvalue weighted by atomic mass is 19.1. The highest BCUT2D eigenvalue weighted by Crippen LogP contribution is 2.27. The van der Waals surface area contributed by atoms with Crippen molar-refractivity contribution in [1.82, 2.24) is 5.32 Å². The van der Waals surface area contributed by atoms with E-state index >= 15 is 0 Å². The van der Waals surface area contributed by atoms with Crippen LogP contribution in [0, 0.1) is 19.7 Å². The molecular weight excluding hydrogens is 245 g/mol. The van der Waals surface area contributed by atoms with Crippen molar-refractivity contribution in [2.24, 2.45) is 0 Å². The number of benzene rings is 1. The summed E-state index contributed by atoms with van der Waals surface area (Å²) in [5.41, 5.74) is 2.43. The van der Waals surface area contributed by atoms with E-state index in [1.54, 1.807) is 13.1 Å². The van der Waals surface area contributed by atoms with Gasteiger partial charge < -0.3 is 14.8 Å². The van der Waals surface area contributed by atoms with E-state index in [0.29, 0.717) is 18.8 Å². The van der Waals surface area contributed by atoms with Crippen LogP contribution < -0.4 is 5.32 Å². The average molecular weight is 269 g/mol. The predicted octanol–water partition coefficient (Wildman–Crippen LogP) is 3.10. The third-order valence-corrected chi connectivity index (χ3v) is 3.04. The molecule has 0 aliphatic carbocycles. The molecule has 0 spiro atoms. The molecule has 0 fully saturated rings. The van der Waals surface area contributed by atoms with Crippen LogP contribution in [0.3, 0.4) is 0 Å². The third-order valence-electron chi connectivity index (χ3n) is 3.04. The van der Waals surface area contributed by atoms with E-state index in [1.165, 1.54) is 0 Å². The molecule has 0 saturated heterocycles. The summed E-state index contributed by atoms with van der Waals surface area (Å²) in [6, 6.07) is 3.19. The molecule has 1 atom stereocenters. The monoisotopic (exact) mass is 269 g/mol. The Morgan fingerprint density at radius 1 is 1.16 bits per heavy atom. The largest absolute Gasteiger partial charge is 0.351 e. The lowest BCUT2D eigenvalue weighted by Gasteiger charge is -2.28. The minimum absolute atomic E-state index is 0.221. The van der Waals surface area contributed by atoms with Gasteiger partial charge in [-0.15, -0.1) is 0 Å². The molecule has 0 bridgehead atoms. The van der Waals surface area contributed by atoms with Crippen molar-refractivity contribution < 1.29 is 13.9 Å². The third kappa shape index (κ3) is 4.00. The summed E-state index contributed by atoms with van der Waals surface area (Å²) in [6.07, 6.45) is -0.490. The number of halogens is 1. The first-order chi connectivity index (χ1) is 9.04. The quantitative estimate of drug-likeness (QED) is 0.772. The van der Waals surface area contributed by atoms with Gasteiger partial charge in [-0.3, -0.25) is 0 Å². The molecule has 0 aromatic heterocycles. The molecule has 108 valence electrons. The zero-order valence-corrected chi connectivity index (χ0v) is 12.4. The lowest BCUT2D eigenvalue weighted by atomic mass is 9.98. The van der Waals surface area contributed by atoms with Crippen LogP contribution in [0.4, 0.5) is 4.39 Å². The van der Waals surface area contributed by atoms with E-state index in [2.05, 4.69) is 5.32 Å². The smallest absolute Gasteiger partial charge is 0.176 e. The van der Waals surface area contributed by atoms with Crippen LogP contribution in [-0.4, -0.2) is 26.6 Å². The van der Waals surface area contributed by atoms with Gasteiger partial charge in [-0.2, -0.15) is 0 Å². The summed E-state index contributed by atoms with van der Waals surface area (Å²) < 4.78 is 25.4. The zero-order valence-electron chi connectivity index (χ0n) is 12.4. The predicted molar refractivity (Wildman–Crippen MR) is 74.7 cm³/mol. The van der Waals surface area contributed by atoms with Crippen LogP contribution in [0.25, 0.3) is 0 Å². The second-order valence-corrected chi connectivity index (χ2v) is 4.52. The van der Waals surface area contributed by atoms with Crippen molar-refractivity contribution in [3.05, 3.63) is 34.6 Å². The van der Waals surface area contributed by atoms with Crippen LogP contribution in [0.5, 0.6) is 0 Å². The van der Waals surface area contributed by atoms with Gasteiger partial charge in [0.1, 0.15) is 5.82 Å². The Hall–Kier alpha value is -0.970. The number of ether oxygens (including phenoxy) is 2. The summed E-state index contributed by atoms with van der Waals surface area (Å²) in [5, 5.41) is 3.10. The van der Waals surface area contributed by atoms with Gasteiger partial charge in [0.2, 0.25) is 0 Å². The summed E-state index contributed by atoms with van der Waals surface area (Å²) >= 11 is 0. The van der Waals surface area contributed by atoms with E-state index in [4.69, 9.17) is 9.47 Å². The SMILES string of the molecule is CCOC(OCC)C(NC)c1c(C)cc(C)cc1F. The first-order valence-electron chi connectivity index (χ1n) is 6.72. The van der Waals surface area contributed by atoms with Gasteiger partial charge in [-0.05, 0) is 51.9 Å². The summed E-state index contributed by atoms with van der Waals surface area (Å²) in [7, 11) is 1.79. The van der Waals surface area contributed by atoms with E-state index in [1.807, 2.05) is 33.8 Å². The maximum Gasteiger partial charge on any atom is 0.176 e. The van der Waals surface area contributed by atoms with Crippen molar-refractivity contribution in [2.75, 3.05) is 20.3 Å². The second kappa shape index (κ2) is 7.58. The van der Waals surface area contributed by atoms with Gasteiger partial charge in [0.25, 0.3) is 0 Å². The standard InChI is InChI=1S/C15H24FNO2/c1-6-18-15(19-7-2)14(17-5)13-11(4)8-10(3)9-12(13)16/h8-9,14-15,17H,6-7H2,1-5H3. The van der Waals surface area contributed by atoms with Gasteiger partial charge in [0, 0.05) is 18.8 Å². The Morgan fingerprint density at radius 2 is 1.74 bits per heavy atom. The molecule has 0 heterocycles. The molecule has 1 aromatic rings. The van der Waals surface area contributed by atoms with Crippen molar-refractivity contribution in [3.63, 3.8) is 0 Å². The summed E-state index contributed by atoms with van der Waals surface area (Å²) in [4.78, 5) is 0. The van der Waals surface area contributed by atoms with Crippen LogP contribution in [0.15, 0.2) is 12.1 Å². The number of hydrogen-bond acceptors (Lipinski definition) is 3. The molecule has 0 aliphatic rings. The van der Waals surface area contributed by atoms with Gasteiger partial charge in [0.15, 0.2) is 6.29 Å². The van der Waals surface area contributed by atoms with E-state index < -0.39 is 6.29 Å². The van der Waals surface area contributed by atoms with Crippen LogP contribution in [-0.2, 0) is 9.47 Å². The maximum absolute atomic E-state index is 14.2. The fraction of sp³-hybridized carbons (Fsp3) is 0.600. The average Bonchev–Trinajstić information content (AvgIpc) is 2.33. The van der Waals surface area contributed by atoms with Gasteiger partial charge in [-0.1, -0.05) is 6.07 Å². The molecule has 1 unspecified atom stereocenters. The Balaban J connectivity index is 3.14. The molecule has 4 heteroatoms. The minimum Gasteiger partial charge on any atom is -0.351 e. The van der Waals surface area contributed by atoms with Crippen molar-refractivity contribution in [1.29, 1.82) is 0 Å². The Bertz CT molecular complexity index is 380. The first-order valence-corrected chi connectivity index (χ1v) is 6.72. The molecule has 3 nitrogen and oxygen atoms in total. The molecular formula is C15H24FNO2. The summed E-state index contributed by atoms with van der Waals surface area (Å²) in [5.74, 6) is -0.221. The Labute approximate surface area is 115 Å². The van der Waals surface area contributed by atoms with E-state index in [0.717, 1.165) is 11.1 Å². The first kappa shape index (κ1) is 16.1. The number of rotatable bonds is 7. The molecule has 0 amide bonds. The van der Waals surface area contributed by atoms with Crippen molar-refractivity contribution in [3.8, 4) is 0 Å². The Kier molecular flexibility index (Phi) is 6.42. The van der Waals surface area contributed by atoms with E-state index in [9.17, 15) is 4.39 Å². The number of aryl methyl sites for hydroxylation is 2. The normalized spacial score (nSPS) is 13.0. The topological polar surface area (TPSA) is 30.5 Å². The molecule has 1 N–H and O–H groups in total. The van der Waals surface area contributed by atoms with Crippen molar-refractivity contribution in [2.45, 2.75) is 40.0 Å². The number of hydrogen-bond donors (Lipinski definition) is 1. The number of nitrogens with one attached hydrogen (secondary N) is 1. The van der Waals surface area contributed by atoms with E-state index in [-0.39, 0.29) is 11.9 Å². The van der Waals surface area contributed by atoms with Crippen LogP contribution >= 0.6 is 0 Å². The number of likely N-dealkylation sites (N-methyl/N-ethyl adjacent to an activating group) is 1. The Morgan fingerprint density at radius 3 is 2.16 bits per heavy atom. The fourth-order valence-corrected chi connectivity index (χ4v) is 2.31. The zero-order chi connectivity index (χ0) is 14.4. The lowest BCUT2D eigenvalue weighted by molar-refractivity contribution is -0.154. The lowest BCUT2D eigenvalue weighted by Crippen LogP contribution is -2.35. The van der Waals surface area contributed by atoms with Gasteiger partial charge >= 0.3 is 0 Å². The molecule has 19 heavy (non-hydrogen) atoms. The molecule has 0 radical (unpaired) electrons. The molecule has 0 saturated carbocycles. The minimum atomic E-state index is -0.490. The van der Waals surface area contributed by atoms with Gasteiger partial charge in [0.05, 0.1) is 6.04 Å². The maximum atomic E-state index is 14.2. The fourth-order valence-electron chi connectivity index (χ4n) is 2.31. The molecule has 1 rings (SSSR count). The van der Waals surface area contributed by atoms with Crippen LogP contribution in [0.2, 0.25) is 0 Å². The van der Waals surface area contributed by atoms with Crippen molar-refractivity contribution >= 4 is 0 Å². The second-order valence-electron chi connectivity index (χ2n) is 4.52. The van der Waals surface area contributed by atoms with Crippen LogP contribution in [0.1, 0.15) is 36.6 Å². The highest BCUT2D eigenvalue weighted by Gasteiger charge is 2.27. The van der Waals surface area contributed by atoms with Gasteiger partial charge in [-0.25, -0.2) is 4.39 Å². The summed E-state index contributed by atoms with van der Waals surface area (Å²) in [6.45, 7) is 8.64. The molecule has 0 aliphatic heterocycles. The highest BCUT2D eigenvalue weighted by molar-refractivity contribution is 5.34. The molecule has 1 aromatic carbocycles.